The number of hydrogen-bond acceptors (Lipinski definition) is 7. The molecule has 2 atom stereocenters. The van der Waals surface area contributed by atoms with Crippen LogP contribution in [0.1, 0.15) is 96.9 Å². The third kappa shape index (κ3) is 10.8. The molecule has 0 aromatic rings. The van der Waals surface area contributed by atoms with Crippen molar-refractivity contribution in [1.29, 1.82) is 0 Å². The van der Waals surface area contributed by atoms with Crippen LogP contribution in [0.3, 0.4) is 0 Å². The second-order valence-electron chi connectivity index (χ2n) is 11.5. The van der Waals surface area contributed by atoms with Crippen LogP contribution in [0.2, 0.25) is 12.1 Å². The van der Waals surface area contributed by atoms with Gasteiger partial charge in [0.05, 0.1) is 12.3 Å². The average Bonchev–Trinajstić information content (AvgIpc) is 2.96. The van der Waals surface area contributed by atoms with Crippen LogP contribution in [-0.4, -0.2) is 127 Å². The van der Waals surface area contributed by atoms with Crippen molar-refractivity contribution in [1.82, 2.24) is 19.6 Å². The lowest BCUT2D eigenvalue weighted by molar-refractivity contribution is 0.00532. The minimum Gasteiger partial charge on any atom is -0.418 e. The first-order chi connectivity index (χ1) is 19.5. The van der Waals surface area contributed by atoms with Crippen LogP contribution in [-0.2, 0) is 8.85 Å². The summed E-state index contributed by atoms with van der Waals surface area (Å²) in [5.41, 5.74) is 0. The van der Waals surface area contributed by atoms with Crippen LogP contribution >= 0.6 is 11.8 Å². The highest BCUT2D eigenvalue weighted by molar-refractivity contribution is 8.02. The molecule has 0 bridgehead atoms. The van der Waals surface area contributed by atoms with Crippen molar-refractivity contribution in [3.63, 3.8) is 0 Å². The molecule has 0 aliphatic rings. The number of thioether (sulfide) groups is 1. The lowest BCUT2D eigenvalue weighted by Crippen LogP contribution is -2.68. The first kappa shape index (κ1) is 41.5. The first-order valence-corrected chi connectivity index (χ1v) is 20.0. The van der Waals surface area contributed by atoms with Gasteiger partial charge in [0.1, 0.15) is 0 Å². The van der Waals surface area contributed by atoms with Gasteiger partial charge in [-0.15, -0.1) is 11.8 Å². The highest BCUT2D eigenvalue weighted by Crippen LogP contribution is 2.55. The molecule has 244 valence electrons. The normalized spacial score (nSPS) is 16.0. The van der Waals surface area contributed by atoms with Gasteiger partial charge in [0.15, 0.2) is 0 Å². The fourth-order valence-corrected chi connectivity index (χ4v) is 11.6. The molecule has 0 aromatic heterocycles. The Bertz CT molecular complexity index is 559. The molecule has 0 aliphatic heterocycles. The van der Waals surface area contributed by atoms with Gasteiger partial charge in [0.25, 0.3) is 0 Å². The van der Waals surface area contributed by atoms with Gasteiger partial charge < -0.3 is 8.85 Å². The van der Waals surface area contributed by atoms with E-state index in [0.29, 0.717) is 43.7 Å². The topological polar surface area (TPSA) is 31.4 Å². The third-order valence-corrected chi connectivity index (χ3v) is 14.4. The third-order valence-electron chi connectivity index (χ3n) is 9.03. The predicted molar refractivity (Wildman–Crippen MR) is 186 cm³/mol. The summed E-state index contributed by atoms with van der Waals surface area (Å²) in [6.07, 6.45) is 0.654. The fourth-order valence-electron chi connectivity index (χ4n) is 6.46. The zero-order valence-corrected chi connectivity index (χ0v) is 32.6. The Balaban J connectivity index is 7.81. The largest absolute Gasteiger partial charge is 0.418 e. The Kier molecular flexibility index (Phi) is 22.4. The highest BCUT2D eigenvalue weighted by Gasteiger charge is 2.56. The van der Waals surface area contributed by atoms with Crippen molar-refractivity contribution in [2.24, 2.45) is 11.8 Å². The molecule has 0 saturated heterocycles. The van der Waals surface area contributed by atoms with Crippen LogP contribution < -0.4 is 0 Å². The molecule has 0 N–H and O–H groups in total. The second-order valence-corrected chi connectivity index (χ2v) is 15.0. The van der Waals surface area contributed by atoms with Crippen molar-refractivity contribution >= 4 is 31.3 Å². The zero-order chi connectivity index (χ0) is 31.6. The van der Waals surface area contributed by atoms with Gasteiger partial charge in [0.2, 0.25) is 19.5 Å². The van der Waals surface area contributed by atoms with Crippen LogP contribution in [0.4, 0.5) is 0 Å². The first-order valence-electron chi connectivity index (χ1n) is 16.9. The summed E-state index contributed by atoms with van der Waals surface area (Å²) in [4.78, 5) is 11.0. The highest BCUT2D eigenvalue weighted by atomic mass is 32.2. The molecule has 0 rings (SSSR count). The van der Waals surface area contributed by atoms with E-state index in [9.17, 15) is 0 Å². The van der Waals surface area contributed by atoms with Crippen molar-refractivity contribution in [2.45, 2.75) is 131 Å². The number of hydrogen-bond donors (Lipinski definition) is 0. The Morgan fingerprint density at radius 3 is 0.902 bits per heavy atom. The summed E-state index contributed by atoms with van der Waals surface area (Å²) < 4.78 is 12.4. The van der Waals surface area contributed by atoms with Gasteiger partial charge in [0, 0.05) is 22.7 Å². The molecule has 0 aromatic carbocycles. The molecular weight excluding hydrogens is 561 g/mol. The lowest BCUT2D eigenvalue weighted by Gasteiger charge is -2.60. The van der Waals surface area contributed by atoms with E-state index in [1.54, 1.807) is 0 Å². The Morgan fingerprint density at radius 1 is 0.488 bits per heavy atom. The summed E-state index contributed by atoms with van der Waals surface area (Å²) in [5, 5.41) is 0. The molecule has 6 nitrogen and oxygen atoms in total. The van der Waals surface area contributed by atoms with E-state index in [1.807, 2.05) is 0 Å². The molecule has 41 heavy (non-hydrogen) atoms. The predicted octanol–water partition coefficient (Wildman–Crippen LogP) is 6.68. The van der Waals surface area contributed by atoms with Gasteiger partial charge in [-0.2, -0.15) is 0 Å². The van der Waals surface area contributed by atoms with E-state index in [4.69, 9.17) is 8.85 Å². The molecule has 0 fully saturated rings. The maximum absolute atomic E-state index is 6.23. The maximum Gasteiger partial charge on any atom is 0.231 e. The lowest BCUT2D eigenvalue weighted by atomic mass is 9.89. The molecule has 0 heterocycles. The Hall–Kier alpha value is 0.544. The standard InChI is InChI=1S/C32H70N4O2SSi2/c1-15-33(16-2)29(34(17-3)18-4)31(27(11)12,25-40-37-23-9)39-32(28(13)14,26-41-38-24-10)30(35(19-5)20-6)36(21-7)22-8/h27-30H,15-26H2,1-14H3. The van der Waals surface area contributed by atoms with E-state index >= 15 is 0 Å². The summed E-state index contributed by atoms with van der Waals surface area (Å²) in [7, 11) is 0.991. The zero-order valence-electron chi connectivity index (χ0n) is 29.8. The summed E-state index contributed by atoms with van der Waals surface area (Å²) in [6.45, 7) is 43.0. The van der Waals surface area contributed by atoms with Crippen LogP contribution in [0.15, 0.2) is 0 Å². The maximum atomic E-state index is 6.23. The van der Waals surface area contributed by atoms with E-state index in [0.717, 1.165) is 77.7 Å². The van der Waals surface area contributed by atoms with Crippen LogP contribution in [0, 0.1) is 11.8 Å². The minimum absolute atomic E-state index is 0.0226. The average molecular weight is 631 g/mol. The molecule has 0 amide bonds. The quantitative estimate of drug-likeness (QED) is 0.0599. The van der Waals surface area contributed by atoms with Crippen molar-refractivity contribution < 1.29 is 8.85 Å². The smallest absolute Gasteiger partial charge is 0.231 e. The molecule has 0 aliphatic carbocycles. The number of rotatable bonds is 26. The van der Waals surface area contributed by atoms with Gasteiger partial charge in [-0.05, 0) is 90.1 Å². The van der Waals surface area contributed by atoms with Crippen LogP contribution in [0.25, 0.3) is 0 Å². The molecular formula is C32H70N4O2SSi2. The van der Waals surface area contributed by atoms with Gasteiger partial charge in [-0.25, -0.2) is 0 Å². The van der Waals surface area contributed by atoms with Gasteiger partial charge in [-0.3, -0.25) is 19.6 Å². The minimum atomic E-state index is -0.0226. The van der Waals surface area contributed by atoms with Gasteiger partial charge in [-0.1, -0.05) is 83.1 Å². The van der Waals surface area contributed by atoms with Crippen molar-refractivity contribution in [3.05, 3.63) is 0 Å². The van der Waals surface area contributed by atoms with Crippen molar-refractivity contribution in [3.8, 4) is 0 Å². The molecule has 2 unspecified atom stereocenters. The second kappa shape index (κ2) is 22.1. The molecule has 0 saturated carbocycles. The van der Waals surface area contributed by atoms with Crippen molar-refractivity contribution in [2.75, 3.05) is 65.6 Å². The van der Waals surface area contributed by atoms with E-state index in [2.05, 4.69) is 128 Å². The summed E-state index contributed by atoms with van der Waals surface area (Å²) >= 11 is 2.34. The summed E-state index contributed by atoms with van der Waals surface area (Å²) in [6, 6.07) is 2.13. The monoisotopic (exact) mass is 630 g/mol. The Labute approximate surface area is 267 Å². The fraction of sp³-hybridized carbons (Fsp3) is 1.00. The van der Waals surface area contributed by atoms with Crippen LogP contribution in [0.5, 0.6) is 0 Å². The van der Waals surface area contributed by atoms with E-state index in [1.165, 1.54) is 0 Å². The SMILES string of the molecule is CCO[Si]CC(SC(C[Si]OCC)(C(C)C)C(N(CC)CC)N(CC)CC)(C(C)C)C(N(CC)CC)N(CC)CC. The summed E-state index contributed by atoms with van der Waals surface area (Å²) in [5.74, 6) is 0.934. The van der Waals surface area contributed by atoms with E-state index in [-0.39, 0.29) is 9.49 Å². The molecule has 0 spiro atoms. The number of nitrogens with zero attached hydrogens (tertiary/aromatic N) is 4. The molecule has 4 radical (unpaired) electrons. The molecule has 9 heteroatoms. The Morgan fingerprint density at radius 2 is 0.732 bits per heavy atom. The van der Waals surface area contributed by atoms with E-state index < -0.39 is 0 Å². The van der Waals surface area contributed by atoms with Gasteiger partial charge >= 0.3 is 0 Å².